The van der Waals surface area contributed by atoms with Crippen molar-refractivity contribution in [1.82, 2.24) is 15.5 Å². The third kappa shape index (κ3) is 4.68. The van der Waals surface area contributed by atoms with Crippen molar-refractivity contribution in [2.75, 3.05) is 18.0 Å². The van der Waals surface area contributed by atoms with Crippen molar-refractivity contribution in [3.8, 4) is 5.75 Å². The first-order valence-electron chi connectivity index (χ1n) is 8.77. The minimum atomic E-state index is 0.330. The van der Waals surface area contributed by atoms with Crippen LogP contribution in [0, 0.1) is 0 Å². The Morgan fingerprint density at radius 3 is 2.88 bits per heavy atom. The van der Waals surface area contributed by atoms with E-state index in [0.717, 1.165) is 31.7 Å². The molecule has 0 saturated carbocycles. The summed E-state index contributed by atoms with van der Waals surface area (Å²) in [4.78, 5) is 2.32. The summed E-state index contributed by atoms with van der Waals surface area (Å²) in [5.74, 6) is 1.30. The van der Waals surface area contributed by atoms with Gasteiger partial charge in [-0.1, -0.05) is 12.1 Å². The Labute approximate surface area is 143 Å². The van der Waals surface area contributed by atoms with Crippen LogP contribution in [0.1, 0.15) is 31.7 Å². The molecule has 24 heavy (non-hydrogen) atoms. The second-order valence-corrected chi connectivity index (χ2v) is 6.64. The maximum Gasteiger partial charge on any atom is 0.151 e. The number of phenols is 1. The molecule has 0 bridgehead atoms. The topological polar surface area (TPSA) is 61.3 Å². The van der Waals surface area contributed by atoms with Gasteiger partial charge >= 0.3 is 0 Å². The molecule has 0 radical (unpaired) electrons. The Kier molecular flexibility index (Phi) is 5.64. The second-order valence-electron chi connectivity index (χ2n) is 6.64. The van der Waals surface area contributed by atoms with Crippen LogP contribution in [0.5, 0.6) is 5.75 Å². The van der Waals surface area contributed by atoms with Gasteiger partial charge in [-0.15, -0.1) is 5.10 Å². The Balaban J connectivity index is 1.47. The van der Waals surface area contributed by atoms with E-state index in [1.54, 1.807) is 18.3 Å². The molecule has 1 saturated heterocycles. The number of benzene rings is 1. The number of aromatic nitrogens is 2. The van der Waals surface area contributed by atoms with E-state index in [-0.39, 0.29) is 0 Å². The molecule has 0 spiro atoms. The van der Waals surface area contributed by atoms with Crippen molar-refractivity contribution in [2.45, 2.75) is 44.7 Å². The number of hydrogen-bond donors (Lipinski definition) is 2. The summed E-state index contributed by atoms with van der Waals surface area (Å²) in [6.45, 7) is 4.29. The third-order valence-electron chi connectivity index (χ3n) is 4.63. The SMILES string of the molecule is C[C@@H](CCc1ccc(O)cc1)N[C@H]1CCCN(c2cccnn2)C1. The van der Waals surface area contributed by atoms with E-state index in [4.69, 9.17) is 0 Å². The highest BCUT2D eigenvalue weighted by atomic mass is 16.3. The zero-order valence-corrected chi connectivity index (χ0v) is 14.2. The molecule has 5 nitrogen and oxygen atoms in total. The number of phenolic OH excluding ortho intramolecular Hbond substituents is 1. The molecule has 128 valence electrons. The lowest BCUT2D eigenvalue weighted by atomic mass is 10.0. The van der Waals surface area contributed by atoms with Gasteiger partial charge in [-0.2, -0.15) is 5.10 Å². The first-order valence-corrected chi connectivity index (χ1v) is 8.77. The van der Waals surface area contributed by atoms with E-state index in [2.05, 4.69) is 27.3 Å². The van der Waals surface area contributed by atoms with Crippen LogP contribution in [0.2, 0.25) is 0 Å². The largest absolute Gasteiger partial charge is 0.508 e. The van der Waals surface area contributed by atoms with Crippen LogP contribution in [0.3, 0.4) is 0 Å². The molecule has 2 aromatic rings. The van der Waals surface area contributed by atoms with Crippen LogP contribution in [-0.4, -0.2) is 40.5 Å². The van der Waals surface area contributed by atoms with Gasteiger partial charge in [0.15, 0.2) is 5.82 Å². The van der Waals surface area contributed by atoms with E-state index in [9.17, 15) is 5.11 Å². The highest BCUT2D eigenvalue weighted by Crippen LogP contribution is 2.18. The predicted octanol–water partition coefficient (Wildman–Crippen LogP) is 2.76. The van der Waals surface area contributed by atoms with E-state index in [1.807, 2.05) is 24.3 Å². The van der Waals surface area contributed by atoms with Crippen molar-refractivity contribution in [2.24, 2.45) is 0 Å². The van der Waals surface area contributed by atoms with Gasteiger partial charge in [0.2, 0.25) is 0 Å². The number of hydrogen-bond acceptors (Lipinski definition) is 5. The van der Waals surface area contributed by atoms with Gasteiger partial charge in [-0.25, -0.2) is 0 Å². The molecule has 2 N–H and O–H groups in total. The molecule has 0 aliphatic carbocycles. The summed E-state index contributed by atoms with van der Waals surface area (Å²) >= 11 is 0. The lowest BCUT2D eigenvalue weighted by Crippen LogP contribution is -2.48. The maximum atomic E-state index is 9.34. The number of rotatable bonds is 6. The van der Waals surface area contributed by atoms with Gasteiger partial charge in [-0.05, 0) is 62.4 Å². The molecule has 2 heterocycles. The Bertz CT molecular complexity index is 617. The lowest BCUT2D eigenvalue weighted by Gasteiger charge is -2.35. The van der Waals surface area contributed by atoms with E-state index in [1.165, 1.54) is 18.4 Å². The zero-order chi connectivity index (χ0) is 16.8. The fourth-order valence-corrected chi connectivity index (χ4v) is 3.31. The average molecular weight is 326 g/mol. The Morgan fingerprint density at radius 1 is 1.29 bits per heavy atom. The molecule has 1 fully saturated rings. The second kappa shape index (κ2) is 8.11. The minimum absolute atomic E-state index is 0.330. The quantitative estimate of drug-likeness (QED) is 0.855. The Hall–Kier alpha value is -2.14. The summed E-state index contributed by atoms with van der Waals surface area (Å²) in [7, 11) is 0. The van der Waals surface area contributed by atoms with E-state index < -0.39 is 0 Å². The standard InChI is InChI=1S/C19H26N4O/c1-15(6-7-16-8-10-18(24)11-9-16)21-17-4-3-13-23(14-17)19-5-2-12-20-22-19/h2,5,8-12,15,17,21,24H,3-4,6-7,13-14H2,1H3/t15-,17-/m0/s1. The monoisotopic (exact) mass is 326 g/mol. The molecule has 1 aromatic heterocycles. The number of aryl methyl sites for hydroxylation is 1. The van der Waals surface area contributed by atoms with E-state index in [0.29, 0.717) is 17.8 Å². The smallest absolute Gasteiger partial charge is 0.151 e. The van der Waals surface area contributed by atoms with Gasteiger partial charge in [0, 0.05) is 31.4 Å². The molecular weight excluding hydrogens is 300 g/mol. The van der Waals surface area contributed by atoms with Crippen LogP contribution in [0.25, 0.3) is 0 Å². The number of piperidine rings is 1. The van der Waals surface area contributed by atoms with Crippen molar-refractivity contribution < 1.29 is 5.11 Å². The van der Waals surface area contributed by atoms with E-state index >= 15 is 0 Å². The number of aromatic hydroxyl groups is 1. The molecule has 0 unspecified atom stereocenters. The highest BCUT2D eigenvalue weighted by Gasteiger charge is 2.22. The predicted molar refractivity (Wildman–Crippen MR) is 96.3 cm³/mol. The molecule has 0 amide bonds. The van der Waals surface area contributed by atoms with Crippen molar-refractivity contribution in [3.05, 3.63) is 48.2 Å². The molecule has 1 aliphatic heterocycles. The summed E-state index contributed by atoms with van der Waals surface area (Å²) in [6.07, 6.45) is 6.22. The van der Waals surface area contributed by atoms with Crippen LogP contribution in [-0.2, 0) is 6.42 Å². The number of nitrogens with one attached hydrogen (secondary N) is 1. The van der Waals surface area contributed by atoms with Crippen molar-refractivity contribution in [3.63, 3.8) is 0 Å². The molecule has 2 atom stereocenters. The number of anilines is 1. The molecular formula is C19H26N4O. The first kappa shape index (κ1) is 16.7. The van der Waals surface area contributed by atoms with Gasteiger partial charge in [-0.3, -0.25) is 0 Å². The van der Waals surface area contributed by atoms with Crippen LogP contribution < -0.4 is 10.2 Å². The van der Waals surface area contributed by atoms with Crippen LogP contribution in [0.4, 0.5) is 5.82 Å². The molecule has 1 aliphatic rings. The number of nitrogens with zero attached hydrogens (tertiary/aromatic N) is 3. The summed E-state index contributed by atoms with van der Waals surface area (Å²) < 4.78 is 0. The lowest BCUT2D eigenvalue weighted by molar-refractivity contribution is 0.372. The first-order chi connectivity index (χ1) is 11.7. The minimum Gasteiger partial charge on any atom is -0.508 e. The van der Waals surface area contributed by atoms with Crippen molar-refractivity contribution in [1.29, 1.82) is 0 Å². The average Bonchev–Trinajstić information content (AvgIpc) is 2.62. The summed E-state index contributed by atoms with van der Waals surface area (Å²) in [5, 5.41) is 21.3. The summed E-state index contributed by atoms with van der Waals surface area (Å²) in [5.41, 5.74) is 1.27. The van der Waals surface area contributed by atoms with Crippen molar-refractivity contribution >= 4 is 5.82 Å². The van der Waals surface area contributed by atoms with Gasteiger partial charge in [0.1, 0.15) is 5.75 Å². The van der Waals surface area contributed by atoms with Gasteiger partial charge < -0.3 is 15.3 Å². The fraction of sp³-hybridized carbons (Fsp3) is 0.474. The van der Waals surface area contributed by atoms with Gasteiger partial charge in [0.25, 0.3) is 0 Å². The van der Waals surface area contributed by atoms with Gasteiger partial charge in [0.05, 0.1) is 0 Å². The molecule has 3 rings (SSSR count). The maximum absolute atomic E-state index is 9.34. The summed E-state index contributed by atoms with van der Waals surface area (Å²) in [6, 6.07) is 12.4. The van der Waals surface area contributed by atoms with Crippen LogP contribution in [0.15, 0.2) is 42.6 Å². The third-order valence-corrected chi connectivity index (χ3v) is 4.63. The molecule has 1 aromatic carbocycles. The molecule has 5 heteroatoms. The fourth-order valence-electron chi connectivity index (χ4n) is 3.31. The van der Waals surface area contributed by atoms with Crippen LogP contribution >= 0.6 is 0 Å². The normalized spacial score (nSPS) is 19.2. The zero-order valence-electron chi connectivity index (χ0n) is 14.2. The highest BCUT2D eigenvalue weighted by molar-refractivity contribution is 5.37. The Morgan fingerprint density at radius 2 is 2.12 bits per heavy atom.